The maximum absolute atomic E-state index is 5.72. The molecule has 0 N–H and O–H groups in total. The molecular weight excluding hydrogens is 372 g/mol. The first-order valence-electron chi connectivity index (χ1n) is 10.2. The molecule has 0 aromatic carbocycles. The molecule has 0 saturated heterocycles. The van der Waals surface area contributed by atoms with Crippen molar-refractivity contribution in [2.24, 2.45) is 0 Å². The third-order valence-corrected chi connectivity index (χ3v) is 4.53. The Morgan fingerprint density at radius 2 is 0.828 bits per heavy atom. The molecule has 3 rings (SSSR count). The van der Waals surface area contributed by atoms with Crippen LogP contribution in [0.25, 0.3) is 11.4 Å². The Labute approximate surface area is 172 Å². The van der Waals surface area contributed by atoms with E-state index in [0.717, 1.165) is 35.4 Å². The lowest BCUT2D eigenvalue weighted by molar-refractivity contribution is -0.0106. The van der Waals surface area contributed by atoms with Crippen LogP contribution < -0.4 is 0 Å². The molecule has 0 radical (unpaired) electrons. The fourth-order valence-corrected chi connectivity index (χ4v) is 3.05. The van der Waals surface area contributed by atoms with Crippen molar-refractivity contribution in [3.8, 4) is 11.4 Å². The minimum absolute atomic E-state index is 0.557. The van der Waals surface area contributed by atoms with E-state index >= 15 is 0 Å². The lowest BCUT2D eigenvalue weighted by Crippen LogP contribution is -2.13. The first kappa shape index (κ1) is 21.8. The normalized spacial score (nSPS) is 18.8. The van der Waals surface area contributed by atoms with Crippen LogP contribution in [0.2, 0.25) is 0 Å². The highest BCUT2D eigenvalue weighted by molar-refractivity contribution is 5.62. The van der Waals surface area contributed by atoms with E-state index in [-0.39, 0.29) is 0 Å². The molecule has 1 aliphatic heterocycles. The summed E-state index contributed by atoms with van der Waals surface area (Å²) in [7, 11) is 0. The Morgan fingerprint density at radius 3 is 1.21 bits per heavy atom. The molecule has 0 amide bonds. The maximum atomic E-state index is 5.72. The summed E-state index contributed by atoms with van der Waals surface area (Å²) in [5, 5.41) is 0. The zero-order valence-electron chi connectivity index (χ0n) is 16.9. The van der Waals surface area contributed by atoms with Crippen molar-refractivity contribution in [1.29, 1.82) is 0 Å². The zero-order chi connectivity index (χ0) is 20.0. The summed E-state index contributed by atoms with van der Waals surface area (Å²) in [5.74, 6) is 0. The molecule has 0 atom stereocenters. The van der Waals surface area contributed by atoms with Crippen LogP contribution >= 0.6 is 0 Å². The number of fused-ring (bicyclic) bond motifs is 3. The van der Waals surface area contributed by atoms with E-state index in [1.807, 2.05) is 24.5 Å². The second-order valence-corrected chi connectivity index (χ2v) is 6.58. The summed E-state index contributed by atoms with van der Waals surface area (Å²) in [4.78, 5) is 9.21. The van der Waals surface area contributed by atoms with Crippen LogP contribution in [-0.4, -0.2) is 76.0 Å². The summed E-state index contributed by atoms with van der Waals surface area (Å²) in [6.45, 7) is 5.69. The molecule has 7 nitrogen and oxygen atoms in total. The largest absolute Gasteiger partial charge is 0.379 e. The van der Waals surface area contributed by atoms with E-state index in [1.54, 1.807) is 0 Å². The van der Waals surface area contributed by atoms with Gasteiger partial charge in [-0.25, -0.2) is 0 Å². The molecule has 158 valence electrons. The van der Waals surface area contributed by atoms with Crippen LogP contribution in [0.15, 0.2) is 36.7 Å². The minimum Gasteiger partial charge on any atom is -0.379 e. The number of hydrogen-bond donors (Lipinski definition) is 0. The van der Waals surface area contributed by atoms with Gasteiger partial charge in [0.05, 0.1) is 77.5 Å². The zero-order valence-corrected chi connectivity index (χ0v) is 16.9. The van der Waals surface area contributed by atoms with Gasteiger partial charge in [0.15, 0.2) is 0 Å². The maximum Gasteiger partial charge on any atom is 0.0921 e. The van der Waals surface area contributed by atoms with E-state index in [4.69, 9.17) is 23.7 Å². The van der Waals surface area contributed by atoms with Crippen LogP contribution in [0.3, 0.4) is 0 Å². The molecule has 1 aliphatic rings. The van der Waals surface area contributed by atoms with Crippen LogP contribution in [0.5, 0.6) is 0 Å². The smallest absolute Gasteiger partial charge is 0.0921 e. The second kappa shape index (κ2) is 13.3. The van der Waals surface area contributed by atoms with Gasteiger partial charge in [0, 0.05) is 12.4 Å². The third-order valence-electron chi connectivity index (χ3n) is 4.53. The van der Waals surface area contributed by atoms with Crippen molar-refractivity contribution in [1.82, 2.24) is 9.97 Å². The van der Waals surface area contributed by atoms with E-state index in [0.29, 0.717) is 66.1 Å². The molecule has 0 fully saturated rings. The highest BCUT2D eigenvalue weighted by Gasteiger charge is 2.12. The molecule has 3 heterocycles. The summed E-state index contributed by atoms with van der Waals surface area (Å²) in [5.41, 5.74) is 4.08. The number of ether oxygens (including phenoxy) is 5. The SMILES string of the molecule is c1cnc2c(c1)CCOCCOCCOCCOCCOCCc1cccnc1-2. The van der Waals surface area contributed by atoms with Gasteiger partial charge in [0.1, 0.15) is 0 Å². The lowest BCUT2D eigenvalue weighted by atomic mass is 10.0. The molecule has 7 heteroatoms. The van der Waals surface area contributed by atoms with Crippen molar-refractivity contribution in [3.05, 3.63) is 47.8 Å². The Hall–Kier alpha value is -1.90. The molecule has 0 spiro atoms. The highest BCUT2D eigenvalue weighted by Crippen LogP contribution is 2.23. The fraction of sp³-hybridized carbons (Fsp3) is 0.545. The van der Waals surface area contributed by atoms with Gasteiger partial charge in [-0.2, -0.15) is 0 Å². The Bertz CT molecular complexity index is 654. The second-order valence-electron chi connectivity index (χ2n) is 6.58. The number of nitrogens with zero attached hydrogens (tertiary/aromatic N) is 2. The van der Waals surface area contributed by atoms with Gasteiger partial charge in [-0.05, 0) is 36.1 Å². The van der Waals surface area contributed by atoms with Gasteiger partial charge in [-0.1, -0.05) is 12.1 Å². The monoisotopic (exact) mass is 402 g/mol. The fourth-order valence-electron chi connectivity index (χ4n) is 3.05. The van der Waals surface area contributed by atoms with Crippen LogP contribution in [-0.2, 0) is 36.5 Å². The Morgan fingerprint density at radius 1 is 0.483 bits per heavy atom. The van der Waals surface area contributed by atoms with Crippen LogP contribution in [0, 0.1) is 0 Å². The van der Waals surface area contributed by atoms with Crippen molar-refractivity contribution in [3.63, 3.8) is 0 Å². The topological polar surface area (TPSA) is 71.9 Å². The summed E-state index contributed by atoms with van der Waals surface area (Å²) < 4.78 is 27.9. The quantitative estimate of drug-likeness (QED) is 0.670. The van der Waals surface area contributed by atoms with Crippen molar-refractivity contribution >= 4 is 0 Å². The molecule has 0 saturated carbocycles. The number of rotatable bonds is 0. The van der Waals surface area contributed by atoms with E-state index in [1.165, 1.54) is 0 Å². The average Bonchev–Trinajstić information content (AvgIpc) is 2.76. The van der Waals surface area contributed by atoms with Crippen molar-refractivity contribution in [2.45, 2.75) is 12.8 Å². The van der Waals surface area contributed by atoms with E-state index in [9.17, 15) is 0 Å². The van der Waals surface area contributed by atoms with Crippen molar-refractivity contribution < 1.29 is 23.7 Å². The van der Waals surface area contributed by atoms with E-state index < -0.39 is 0 Å². The van der Waals surface area contributed by atoms with Crippen molar-refractivity contribution in [2.75, 3.05) is 66.1 Å². The predicted molar refractivity (Wildman–Crippen MR) is 109 cm³/mol. The summed E-state index contributed by atoms with van der Waals surface area (Å²) in [6, 6.07) is 8.08. The summed E-state index contributed by atoms with van der Waals surface area (Å²) >= 11 is 0. The van der Waals surface area contributed by atoms with Gasteiger partial charge < -0.3 is 23.7 Å². The molecule has 2 aromatic heterocycles. The number of hydrogen-bond acceptors (Lipinski definition) is 7. The first-order valence-corrected chi connectivity index (χ1v) is 10.2. The van der Waals surface area contributed by atoms with Gasteiger partial charge in [0.25, 0.3) is 0 Å². The highest BCUT2D eigenvalue weighted by atomic mass is 16.6. The van der Waals surface area contributed by atoms with E-state index in [2.05, 4.69) is 22.1 Å². The van der Waals surface area contributed by atoms with Gasteiger partial charge in [-0.3, -0.25) is 9.97 Å². The van der Waals surface area contributed by atoms with Crippen LogP contribution in [0.1, 0.15) is 11.1 Å². The predicted octanol–water partition coefficient (Wildman–Crippen LogP) is 2.33. The molecule has 0 bridgehead atoms. The van der Waals surface area contributed by atoms with Gasteiger partial charge >= 0.3 is 0 Å². The molecule has 0 unspecified atom stereocenters. The Kier molecular flexibility index (Phi) is 10.0. The van der Waals surface area contributed by atoms with Gasteiger partial charge in [0.2, 0.25) is 0 Å². The first-order chi connectivity index (χ1) is 14.4. The average molecular weight is 402 g/mol. The minimum atomic E-state index is 0.557. The van der Waals surface area contributed by atoms with Crippen LogP contribution in [0.4, 0.5) is 0 Å². The Balaban J connectivity index is 1.65. The molecule has 0 aliphatic carbocycles. The lowest BCUT2D eigenvalue weighted by Gasteiger charge is -2.12. The standard InChI is InChI=1S/C22H30N2O5/c1-3-19-5-9-25-11-13-27-15-17-29-18-16-28-14-12-26-10-6-20-4-2-8-24-22(20)21(19)23-7-1/h1-4,7-8H,5-6,9-18H2. The molecule has 29 heavy (non-hydrogen) atoms. The number of aromatic nitrogens is 2. The van der Waals surface area contributed by atoms with Gasteiger partial charge in [-0.15, -0.1) is 0 Å². The molecule has 2 aromatic rings. The third kappa shape index (κ3) is 7.79. The summed E-state index contributed by atoms with van der Waals surface area (Å²) in [6.07, 6.45) is 5.17. The molecular formula is C22H30N2O5. The number of pyridine rings is 2.